The lowest BCUT2D eigenvalue weighted by Gasteiger charge is -2.37. The second-order valence-electron chi connectivity index (χ2n) is 6.81. The average Bonchev–Trinajstić information content (AvgIpc) is 3.01. The normalized spacial score (nSPS) is 19.9. The molecule has 2 aromatic heterocycles. The third-order valence-electron chi connectivity index (χ3n) is 5.12. The highest BCUT2D eigenvalue weighted by atomic mass is 16.1. The second kappa shape index (κ2) is 5.51. The van der Waals surface area contributed by atoms with E-state index >= 15 is 0 Å². The molecule has 1 aromatic carbocycles. The highest BCUT2D eigenvalue weighted by Crippen LogP contribution is 2.33. The third kappa shape index (κ3) is 2.32. The van der Waals surface area contributed by atoms with Crippen molar-refractivity contribution in [3.63, 3.8) is 0 Å². The van der Waals surface area contributed by atoms with Gasteiger partial charge >= 0.3 is 0 Å². The summed E-state index contributed by atoms with van der Waals surface area (Å²) in [5.74, 6) is -0.0604. The van der Waals surface area contributed by atoms with Crippen molar-refractivity contribution in [1.29, 1.82) is 0 Å². The molecule has 0 saturated heterocycles. The van der Waals surface area contributed by atoms with E-state index in [1.165, 1.54) is 11.1 Å². The number of amides is 1. The monoisotopic (exact) mass is 317 g/mol. The minimum Gasteiger partial charge on any atom is -0.350 e. The molecule has 1 atom stereocenters. The summed E-state index contributed by atoms with van der Waals surface area (Å²) in [6, 6.07) is 12.2. The van der Waals surface area contributed by atoms with Crippen LogP contribution in [-0.4, -0.2) is 23.1 Å². The smallest absolute Gasteiger partial charge is 0.255 e. The van der Waals surface area contributed by atoms with Crippen molar-refractivity contribution < 1.29 is 4.79 Å². The number of hydrogen-bond acceptors (Lipinski definition) is 2. The van der Waals surface area contributed by atoms with E-state index in [4.69, 9.17) is 0 Å². The SMILES string of the molecule is BC1(NC(=O)c2ccn3c(C)ccnc23)CCCc2ccccc21. The molecule has 1 N–H and O–H groups in total. The quantitative estimate of drug-likeness (QED) is 0.737. The topological polar surface area (TPSA) is 46.4 Å². The van der Waals surface area contributed by atoms with Crippen LogP contribution in [0.25, 0.3) is 5.65 Å². The molecule has 5 heteroatoms. The fourth-order valence-corrected chi connectivity index (χ4v) is 3.81. The van der Waals surface area contributed by atoms with Gasteiger partial charge in [0.05, 0.1) is 5.56 Å². The Hall–Kier alpha value is -2.56. The molecular formula is C19H20BN3O. The maximum absolute atomic E-state index is 12.9. The standard InChI is InChI=1S/C19H20BN3O/c1-13-8-11-21-17-15(9-12-23(13)17)18(24)22-19(20)10-4-6-14-5-2-3-7-16(14)19/h2-3,5,7-9,11-12H,4,6,10,20H2,1H3,(H,22,24). The Kier molecular flexibility index (Phi) is 3.45. The van der Waals surface area contributed by atoms with Gasteiger partial charge in [-0.1, -0.05) is 24.3 Å². The van der Waals surface area contributed by atoms with Crippen molar-refractivity contribution in [3.8, 4) is 0 Å². The summed E-state index contributed by atoms with van der Waals surface area (Å²) in [6.45, 7) is 2.01. The van der Waals surface area contributed by atoms with Crippen LogP contribution in [0.3, 0.4) is 0 Å². The van der Waals surface area contributed by atoms with Gasteiger partial charge in [-0.05, 0) is 49.4 Å². The van der Waals surface area contributed by atoms with Crippen molar-refractivity contribution in [1.82, 2.24) is 14.7 Å². The van der Waals surface area contributed by atoms with E-state index in [1.807, 2.05) is 35.7 Å². The molecule has 1 aliphatic rings. The van der Waals surface area contributed by atoms with Crippen LogP contribution < -0.4 is 5.32 Å². The van der Waals surface area contributed by atoms with Gasteiger partial charge in [-0.15, -0.1) is 0 Å². The van der Waals surface area contributed by atoms with Crippen LogP contribution in [0, 0.1) is 6.92 Å². The van der Waals surface area contributed by atoms with E-state index in [2.05, 4.69) is 36.3 Å². The first kappa shape index (κ1) is 15.0. The van der Waals surface area contributed by atoms with E-state index in [9.17, 15) is 4.79 Å². The molecule has 2 heterocycles. The molecule has 4 nitrogen and oxygen atoms in total. The number of hydrogen-bond donors (Lipinski definition) is 1. The predicted molar refractivity (Wildman–Crippen MR) is 97.0 cm³/mol. The van der Waals surface area contributed by atoms with Crippen LogP contribution in [0.2, 0.25) is 0 Å². The summed E-state index contributed by atoms with van der Waals surface area (Å²) in [7, 11) is 2.12. The van der Waals surface area contributed by atoms with Crippen LogP contribution in [0.5, 0.6) is 0 Å². The first-order chi connectivity index (χ1) is 11.6. The first-order valence-corrected chi connectivity index (χ1v) is 8.42. The molecule has 0 aliphatic heterocycles. The number of carbonyl (C=O) groups is 1. The first-order valence-electron chi connectivity index (χ1n) is 8.42. The maximum atomic E-state index is 12.9. The Balaban J connectivity index is 1.70. The summed E-state index contributed by atoms with van der Waals surface area (Å²) < 4.78 is 1.95. The number of rotatable bonds is 2. The number of carbonyl (C=O) groups excluding carboxylic acids is 1. The average molecular weight is 317 g/mol. The van der Waals surface area contributed by atoms with Gasteiger partial charge < -0.3 is 9.72 Å². The highest BCUT2D eigenvalue weighted by molar-refractivity contribution is 6.18. The van der Waals surface area contributed by atoms with Gasteiger partial charge in [-0.3, -0.25) is 4.79 Å². The number of aryl methyl sites for hydroxylation is 2. The van der Waals surface area contributed by atoms with Crippen LogP contribution in [0.1, 0.15) is 40.0 Å². The molecule has 0 saturated carbocycles. The number of aromatic nitrogens is 2. The number of nitrogens with zero attached hydrogens (tertiary/aromatic N) is 2. The van der Waals surface area contributed by atoms with Crippen molar-refractivity contribution in [3.05, 3.63) is 71.2 Å². The van der Waals surface area contributed by atoms with Crippen molar-refractivity contribution in [2.24, 2.45) is 0 Å². The molecule has 0 spiro atoms. The Bertz CT molecular complexity index is 933. The van der Waals surface area contributed by atoms with Crippen molar-refractivity contribution in [2.45, 2.75) is 31.6 Å². The van der Waals surface area contributed by atoms with Crippen LogP contribution >= 0.6 is 0 Å². The van der Waals surface area contributed by atoms with Gasteiger partial charge in [0.15, 0.2) is 0 Å². The van der Waals surface area contributed by atoms with Gasteiger partial charge in [0, 0.05) is 23.5 Å². The summed E-state index contributed by atoms with van der Waals surface area (Å²) in [5, 5.41) is 3.27. The molecule has 0 bridgehead atoms. The minimum atomic E-state index is -0.329. The van der Waals surface area contributed by atoms with E-state index in [0.717, 1.165) is 25.0 Å². The van der Waals surface area contributed by atoms with Gasteiger partial charge in [0.1, 0.15) is 13.5 Å². The summed E-state index contributed by atoms with van der Waals surface area (Å²) >= 11 is 0. The van der Waals surface area contributed by atoms with E-state index < -0.39 is 0 Å². The zero-order valence-electron chi connectivity index (χ0n) is 14.0. The Morgan fingerprint density at radius 1 is 1.29 bits per heavy atom. The molecule has 120 valence electrons. The Morgan fingerprint density at radius 3 is 3.00 bits per heavy atom. The zero-order valence-corrected chi connectivity index (χ0v) is 14.0. The lowest BCUT2D eigenvalue weighted by Crippen LogP contribution is -2.48. The maximum Gasteiger partial charge on any atom is 0.255 e. The Labute approximate surface area is 142 Å². The number of nitrogens with one attached hydrogen (secondary N) is 1. The number of benzene rings is 1. The van der Waals surface area contributed by atoms with Gasteiger partial charge in [-0.25, -0.2) is 4.98 Å². The van der Waals surface area contributed by atoms with E-state index in [-0.39, 0.29) is 11.3 Å². The van der Waals surface area contributed by atoms with E-state index in [0.29, 0.717) is 11.2 Å². The summed E-state index contributed by atoms with van der Waals surface area (Å²) in [4.78, 5) is 17.3. The molecule has 1 amide bonds. The summed E-state index contributed by atoms with van der Waals surface area (Å²) in [6.07, 6.45) is 6.77. The van der Waals surface area contributed by atoms with Crippen LogP contribution in [-0.2, 0) is 11.9 Å². The fraction of sp³-hybridized carbons (Fsp3) is 0.263. The number of fused-ring (bicyclic) bond motifs is 2. The zero-order chi connectivity index (χ0) is 16.7. The molecule has 24 heavy (non-hydrogen) atoms. The Morgan fingerprint density at radius 2 is 2.12 bits per heavy atom. The van der Waals surface area contributed by atoms with Crippen molar-refractivity contribution in [2.75, 3.05) is 0 Å². The highest BCUT2D eigenvalue weighted by Gasteiger charge is 2.33. The summed E-state index contributed by atoms with van der Waals surface area (Å²) in [5.41, 5.74) is 4.64. The van der Waals surface area contributed by atoms with Gasteiger partial charge in [0.2, 0.25) is 0 Å². The third-order valence-corrected chi connectivity index (χ3v) is 5.12. The van der Waals surface area contributed by atoms with Crippen molar-refractivity contribution >= 4 is 19.4 Å². The van der Waals surface area contributed by atoms with Gasteiger partial charge in [0.25, 0.3) is 5.91 Å². The van der Waals surface area contributed by atoms with E-state index in [1.54, 1.807) is 6.20 Å². The molecular weight excluding hydrogens is 297 g/mol. The second-order valence-corrected chi connectivity index (χ2v) is 6.81. The fourth-order valence-electron chi connectivity index (χ4n) is 3.81. The molecule has 4 rings (SSSR count). The lowest BCUT2D eigenvalue weighted by molar-refractivity contribution is 0.0922. The lowest BCUT2D eigenvalue weighted by atomic mass is 9.64. The van der Waals surface area contributed by atoms with Crippen LogP contribution in [0.4, 0.5) is 0 Å². The molecule has 0 radical (unpaired) electrons. The van der Waals surface area contributed by atoms with Crippen LogP contribution in [0.15, 0.2) is 48.8 Å². The largest absolute Gasteiger partial charge is 0.350 e. The van der Waals surface area contributed by atoms with Gasteiger partial charge in [-0.2, -0.15) is 0 Å². The molecule has 1 aliphatic carbocycles. The molecule has 1 unspecified atom stereocenters. The molecule has 0 fully saturated rings. The molecule has 3 aromatic rings. The minimum absolute atomic E-state index is 0.0604. The predicted octanol–water partition coefficient (Wildman–Crippen LogP) is 2.19.